The Morgan fingerprint density at radius 3 is 1.51 bits per heavy atom. The molecule has 1 aliphatic heterocycles. The number of rotatable bonds is 53. The van der Waals surface area contributed by atoms with Crippen molar-refractivity contribution in [2.45, 2.75) is 323 Å². The summed E-state index contributed by atoms with van der Waals surface area (Å²) in [5, 5.41) is 12.0. The molecule has 12 heteroatoms. The fourth-order valence-electron chi connectivity index (χ4n) is 9.97. The Balaban J connectivity index is 2.36. The first-order valence-electron chi connectivity index (χ1n) is 30.8. The summed E-state index contributed by atoms with van der Waals surface area (Å²) in [6, 6.07) is 2.70. The standard InChI is InChI=1S/C60H117N4O7P/c1-8-10-12-14-16-18-20-22-24-26-28-30-32-34-36-41-47-67-52-58(68-48-42-37-35-33-31-29-27-25-23-21-19-17-15-13-11-9-2)53-69-60(66)62-46-40-38-39-44-59(65)63-51-57(50-56(63)7)71-72(70-49-43-45-61)64(54(3)4)55(5)6/h54-58H,8-44,46-53H2,1-7H3,(H,62,66)/t56-,57-,58?,72?/m1/s1. The van der Waals surface area contributed by atoms with Gasteiger partial charge < -0.3 is 33.5 Å². The number of carbonyl (C=O) groups excluding carboxylic acids is 2. The maximum Gasteiger partial charge on any atom is 0.407 e. The predicted molar refractivity (Wildman–Crippen MR) is 303 cm³/mol. The molecule has 1 N–H and O–H groups in total. The lowest BCUT2D eigenvalue weighted by Crippen LogP contribution is -2.36. The second-order valence-electron chi connectivity index (χ2n) is 21.9. The van der Waals surface area contributed by atoms with Crippen molar-refractivity contribution in [3.05, 3.63) is 0 Å². The lowest BCUT2D eigenvalue weighted by atomic mass is 10.0. The smallest absolute Gasteiger partial charge is 0.407 e. The van der Waals surface area contributed by atoms with E-state index in [1.54, 1.807) is 0 Å². The van der Waals surface area contributed by atoms with Gasteiger partial charge in [0.25, 0.3) is 8.53 Å². The van der Waals surface area contributed by atoms with Crippen LogP contribution in [0.1, 0.15) is 292 Å². The van der Waals surface area contributed by atoms with Crippen LogP contribution in [0.5, 0.6) is 0 Å². The quantitative estimate of drug-likeness (QED) is 0.0469. The molecule has 72 heavy (non-hydrogen) atoms. The highest BCUT2D eigenvalue weighted by molar-refractivity contribution is 7.44. The molecular weight excluding hydrogens is 920 g/mol. The molecule has 0 aromatic heterocycles. The maximum atomic E-state index is 13.3. The Morgan fingerprint density at radius 2 is 1.06 bits per heavy atom. The van der Waals surface area contributed by atoms with Crippen molar-refractivity contribution in [1.29, 1.82) is 5.26 Å². The number of carbonyl (C=O) groups is 2. The Kier molecular flexibility index (Phi) is 47.8. The summed E-state index contributed by atoms with van der Waals surface area (Å²) < 4.78 is 32.9. The van der Waals surface area contributed by atoms with Crippen LogP contribution in [0.25, 0.3) is 0 Å². The van der Waals surface area contributed by atoms with Crippen LogP contribution in [0.3, 0.4) is 0 Å². The lowest BCUT2D eigenvalue weighted by Gasteiger charge is -2.36. The summed E-state index contributed by atoms with van der Waals surface area (Å²) >= 11 is 0. The van der Waals surface area contributed by atoms with Gasteiger partial charge in [-0.15, -0.1) is 0 Å². The van der Waals surface area contributed by atoms with E-state index in [9.17, 15) is 9.59 Å². The number of nitrogens with zero attached hydrogens (tertiary/aromatic N) is 3. The lowest BCUT2D eigenvalue weighted by molar-refractivity contribution is -0.132. The van der Waals surface area contributed by atoms with Crippen molar-refractivity contribution in [2.24, 2.45) is 0 Å². The number of ether oxygens (including phenoxy) is 3. The van der Waals surface area contributed by atoms with Gasteiger partial charge in [-0.2, -0.15) is 5.26 Å². The fraction of sp³-hybridized carbons (Fsp3) is 0.950. The fourth-order valence-corrected chi connectivity index (χ4v) is 11.7. The Bertz CT molecular complexity index is 1250. The highest BCUT2D eigenvalue weighted by atomic mass is 31.2. The third-order valence-corrected chi connectivity index (χ3v) is 16.5. The van der Waals surface area contributed by atoms with Crippen LogP contribution < -0.4 is 5.32 Å². The molecule has 0 aromatic carbocycles. The first-order valence-corrected chi connectivity index (χ1v) is 31.9. The van der Waals surface area contributed by atoms with E-state index in [4.69, 9.17) is 28.5 Å². The highest BCUT2D eigenvalue weighted by Gasteiger charge is 2.37. The third-order valence-electron chi connectivity index (χ3n) is 14.3. The monoisotopic (exact) mass is 1040 g/mol. The maximum absolute atomic E-state index is 13.3. The SMILES string of the molecule is CCCCCCCCCCCCCCCCCCOCC(COC(=O)NCCCCCC(=O)N1C[C@H](OP(OCCC#N)N(C(C)C)C(C)C)C[C@H]1C)OCCCCCCCCCCCCCCCCCC. The molecule has 0 aromatic rings. The molecule has 0 spiro atoms. The van der Waals surface area contributed by atoms with Gasteiger partial charge in [-0.05, 0) is 66.7 Å². The van der Waals surface area contributed by atoms with Crippen molar-refractivity contribution in [1.82, 2.24) is 14.9 Å². The average Bonchev–Trinajstić information content (AvgIpc) is 3.73. The zero-order chi connectivity index (χ0) is 52.5. The topological polar surface area (TPSA) is 123 Å². The van der Waals surface area contributed by atoms with Gasteiger partial charge in [-0.1, -0.05) is 213 Å². The van der Waals surface area contributed by atoms with E-state index >= 15 is 0 Å². The van der Waals surface area contributed by atoms with Gasteiger partial charge in [-0.25, -0.2) is 9.46 Å². The van der Waals surface area contributed by atoms with Crippen LogP contribution in [0.15, 0.2) is 0 Å². The highest BCUT2D eigenvalue weighted by Crippen LogP contribution is 2.48. The van der Waals surface area contributed by atoms with E-state index < -0.39 is 14.6 Å². The van der Waals surface area contributed by atoms with E-state index in [0.29, 0.717) is 52.4 Å². The van der Waals surface area contributed by atoms with Crippen LogP contribution in [0, 0.1) is 11.3 Å². The molecule has 1 saturated heterocycles. The second kappa shape index (κ2) is 50.3. The molecule has 0 aliphatic carbocycles. The molecule has 11 nitrogen and oxygen atoms in total. The minimum atomic E-state index is -1.35. The summed E-state index contributed by atoms with van der Waals surface area (Å²) in [7, 11) is -1.35. The number of nitrogens with one attached hydrogen (secondary N) is 1. The molecule has 1 aliphatic rings. The number of nitriles is 1. The summed E-state index contributed by atoms with van der Waals surface area (Å²) in [4.78, 5) is 28.0. The van der Waals surface area contributed by atoms with Gasteiger partial charge in [0, 0.05) is 50.8 Å². The Morgan fingerprint density at radius 1 is 0.611 bits per heavy atom. The van der Waals surface area contributed by atoms with Crippen LogP contribution in [0.2, 0.25) is 0 Å². The van der Waals surface area contributed by atoms with Crippen molar-refractivity contribution < 1.29 is 32.8 Å². The number of amides is 2. The summed E-state index contributed by atoms with van der Waals surface area (Å²) in [5.41, 5.74) is 0. The van der Waals surface area contributed by atoms with Gasteiger partial charge in [0.1, 0.15) is 12.7 Å². The third kappa shape index (κ3) is 39.8. The second-order valence-corrected chi connectivity index (χ2v) is 23.3. The molecule has 0 bridgehead atoms. The van der Waals surface area contributed by atoms with Crippen LogP contribution >= 0.6 is 8.53 Å². The van der Waals surface area contributed by atoms with E-state index in [2.05, 4.69) is 64.5 Å². The van der Waals surface area contributed by atoms with Crippen molar-refractivity contribution >= 4 is 20.5 Å². The molecule has 4 atom stereocenters. The first-order chi connectivity index (χ1) is 35.1. The summed E-state index contributed by atoms with van der Waals surface area (Å²) in [5.74, 6) is 0.142. The van der Waals surface area contributed by atoms with Gasteiger partial charge in [-0.3, -0.25) is 4.79 Å². The molecule has 424 valence electrons. The largest absolute Gasteiger partial charge is 0.447 e. The van der Waals surface area contributed by atoms with E-state index in [1.807, 2.05) is 4.90 Å². The van der Waals surface area contributed by atoms with Crippen LogP contribution in [0.4, 0.5) is 4.79 Å². The van der Waals surface area contributed by atoms with Crippen LogP contribution in [-0.4, -0.2) is 98.0 Å². The molecule has 1 fully saturated rings. The molecule has 0 saturated carbocycles. The Hall–Kier alpha value is -1.54. The van der Waals surface area contributed by atoms with Gasteiger partial charge in [0.2, 0.25) is 5.91 Å². The predicted octanol–water partition coefficient (Wildman–Crippen LogP) is 17.5. The van der Waals surface area contributed by atoms with Gasteiger partial charge >= 0.3 is 6.09 Å². The molecule has 1 heterocycles. The number of likely N-dealkylation sites (tertiary alicyclic amines) is 1. The zero-order valence-corrected chi connectivity index (χ0v) is 49.2. The first kappa shape index (κ1) is 68.5. The Labute approximate surface area is 446 Å². The molecule has 1 rings (SSSR count). The average molecular weight is 1040 g/mol. The van der Waals surface area contributed by atoms with Crippen molar-refractivity contribution in [2.75, 3.05) is 46.1 Å². The summed E-state index contributed by atoms with van der Waals surface area (Å²) in [6.45, 7) is 18.6. The van der Waals surface area contributed by atoms with Crippen molar-refractivity contribution in [3.8, 4) is 6.07 Å². The van der Waals surface area contributed by atoms with E-state index in [0.717, 1.165) is 38.5 Å². The minimum absolute atomic E-state index is 0.0902. The number of unbranched alkanes of at least 4 members (excludes halogenated alkanes) is 32. The summed E-state index contributed by atoms with van der Waals surface area (Å²) in [6.07, 6.45) is 46.2. The number of hydrogen-bond acceptors (Lipinski definition) is 9. The van der Waals surface area contributed by atoms with E-state index in [-0.39, 0.29) is 42.8 Å². The van der Waals surface area contributed by atoms with E-state index in [1.165, 1.54) is 193 Å². The van der Waals surface area contributed by atoms with Gasteiger partial charge in [0.05, 0.1) is 31.8 Å². The van der Waals surface area contributed by atoms with Crippen LogP contribution in [-0.2, 0) is 28.1 Å². The zero-order valence-electron chi connectivity index (χ0n) is 48.4. The molecular formula is C60H117N4O7P. The number of alkyl carbamates (subject to hydrolysis) is 1. The van der Waals surface area contributed by atoms with Gasteiger partial charge in [0.15, 0.2) is 0 Å². The van der Waals surface area contributed by atoms with Crippen molar-refractivity contribution in [3.63, 3.8) is 0 Å². The minimum Gasteiger partial charge on any atom is -0.447 e. The normalized spacial score (nSPS) is 15.8. The molecule has 2 amide bonds. The molecule has 2 unspecified atom stereocenters. The number of hydrogen-bond donors (Lipinski definition) is 1. The molecule has 0 radical (unpaired) electrons.